The van der Waals surface area contributed by atoms with E-state index in [2.05, 4.69) is 0 Å². The summed E-state index contributed by atoms with van der Waals surface area (Å²) < 4.78 is 0. The number of alkyl halides is 1. The van der Waals surface area contributed by atoms with Gasteiger partial charge in [0.2, 0.25) is 0 Å². The van der Waals surface area contributed by atoms with Crippen LogP contribution in [0.4, 0.5) is 0 Å². The zero-order valence-corrected chi connectivity index (χ0v) is 8.78. The van der Waals surface area contributed by atoms with Crippen LogP contribution >= 0.6 is 11.6 Å². The Morgan fingerprint density at radius 2 is 2.08 bits per heavy atom. The van der Waals surface area contributed by atoms with Crippen molar-refractivity contribution >= 4 is 17.4 Å². The van der Waals surface area contributed by atoms with Crippen LogP contribution in [0.25, 0.3) is 0 Å². The molecule has 0 aromatic rings. The highest BCUT2D eigenvalue weighted by Crippen LogP contribution is 2.60. The van der Waals surface area contributed by atoms with Crippen molar-refractivity contribution in [2.75, 3.05) is 5.88 Å². The maximum absolute atomic E-state index is 11.3. The number of carbonyl (C=O) groups is 1. The highest BCUT2D eigenvalue weighted by atomic mass is 35.5. The number of Topliss-reactive ketones (excluding diaryl/α,β-unsaturated/α-hetero) is 1. The van der Waals surface area contributed by atoms with Crippen LogP contribution in [0.1, 0.15) is 44.9 Å². The summed E-state index contributed by atoms with van der Waals surface area (Å²) >= 11 is 5.54. The van der Waals surface area contributed by atoms with Crippen molar-refractivity contribution in [1.29, 1.82) is 0 Å². The molecule has 1 nitrogen and oxygen atoms in total. The molecule has 0 N–H and O–H groups in total. The molecule has 1 unspecified atom stereocenters. The van der Waals surface area contributed by atoms with Gasteiger partial charge in [-0.1, -0.05) is 12.8 Å². The number of rotatable bonds is 3. The van der Waals surface area contributed by atoms with Crippen molar-refractivity contribution in [3.05, 3.63) is 0 Å². The fourth-order valence-corrected chi connectivity index (χ4v) is 2.95. The highest BCUT2D eigenvalue weighted by Gasteiger charge is 2.49. The molecule has 0 saturated heterocycles. The molecule has 74 valence electrons. The Bertz CT molecular complexity index is 208. The number of ketones is 1. The Labute approximate surface area is 84.8 Å². The van der Waals surface area contributed by atoms with Crippen LogP contribution in [0, 0.1) is 11.3 Å². The van der Waals surface area contributed by atoms with E-state index in [9.17, 15) is 4.79 Å². The molecule has 2 rings (SSSR count). The second-order valence-electron chi connectivity index (χ2n) is 4.68. The first-order valence-corrected chi connectivity index (χ1v) is 5.88. The molecule has 0 heterocycles. The van der Waals surface area contributed by atoms with Crippen molar-refractivity contribution < 1.29 is 4.79 Å². The zero-order chi connectivity index (χ0) is 9.31. The first-order valence-electron chi connectivity index (χ1n) is 5.34. The fraction of sp³-hybridized carbons (Fsp3) is 0.909. The van der Waals surface area contributed by atoms with Gasteiger partial charge < -0.3 is 0 Å². The maximum atomic E-state index is 11.3. The molecule has 2 aliphatic carbocycles. The average Bonchev–Trinajstić information content (AvgIpc) is 2.90. The van der Waals surface area contributed by atoms with Crippen LogP contribution in [0.5, 0.6) is 0 Å². The third-order valence-corrected chi connectivity index (χ3v) is 4.16. The molecule has 0 bridgehead atoms. The van der Waals surface area contributed by atoms with Gasteiger partial charge in [-0.15, -0.1) is 11.6 Å². The number of hydrogen-bond donors (Lipinski definition) is 0. The smallest absolute Gasteiger partial charge is 0.147 e. The lowest BCUT2D eigenvalue weighted by atomic mass is 9.74. The molecule has 0 amide bonds. The molecule has 2 saturated carbocycles. The second kappa shape index (κ2) is 3.61. The molecule has 13 heavy (non-hydrogen) atoms. The van der Waals surface area contributed by atoms with Gasteiger partial charge in [0.15, 0.2) is 0 Å². The molecule has 1 atom stereocenters. The van der Waals surface area contributed by atoms with Crippen molar-refractivity contribution in [1.82, 2.24) is 0 Å². The van der Waals surface area contributed by atoms with Gasteiger partial charge in [-0.25, -0.2) is 0 Å². The largest absolute Gasteiger partial charge is 0.298 e. The van der Waals surface area contributed by atoms with E-state index in [1.165, 1.54) is 38.5 Å². The number of halogens is 1. The molecule has 0 aromatic heterocycles. The maximum Gasteiger partial charge on any atom is 0.147 e. The van der Waals surface area contributed by atoms with Crippen LogP contribution in [-0.4, -0.2) is 11.7 Å². The van der Waals surface area contributed by atoms with Crippen LogP contribution in [-0.2, 0) is 4.79 Å². The Morgan fingerprint density at radius 1 is 1.31 bits per heavy atom. The van der Waals surface area contributed by atoms with E-state index in [1.54, 1.807) is 0 Å². The van der Waals surface area contributed by atoms with Crippen LogP contribution in [0.2, 0.25) is 0 Å². The minimum atomic E-state index is 0.215. The van der Waals surface area contributed by atoms with Crippen molar-refractivity contribution in [3.63, 3.8) is 0 Å². The molecule has 0 aliphatic heterocycles. The first-order chi connectivity index (χ1) is 6.27. The van der Waals surface area contributed by atoms with E-state index in [-0.39, 0.29) is 11.7 Å². The summed E-state index contributed by atoms with van der Waals surface area (Å²) in [7, 11) is 0. The summed E-state index contributed by atoms with van der Waals surface area (Å²) in [6.07, 6.45) is 8.83. The van der Waals surface area contributed by atoms with Gasteiger partial charge in [0, 0.05) is 6.42 Å². The molecule has 2 aliphatic rings. The predicted octanol–water partition coefficient (Wildman–Crippen LogP) is 3.15. The first kappa shape index (κ1) is 9.51. The van der Waals surface area contributed by atoms with E-state index < -0.39 is 0 Å². The van der Waals surface area contributed by atoms with Crippen LogP contribution in [0.3, 0.4) is 0 Å². The topological polar surface area (TPSA) is 17.1 Å². The average molecular weight is 201 g/mol. The Hall–Kier alpha value is -0.0400. The van der Waals surface area contributed by atoms with E-state index in [1.807, 2.05) is 0 Å². The lowest BCUT2D eigenvalue weighted by Crippen LogP contribution is -2.23. The molecular weight excluding hydrogens is 184 g/mol. The highest BCUT2D eigenvalue weighted by molar-refractivity contribution is 6.27. The van der Waals surface area contributed by atoms with Gasteiger partial charge in [0.05, 0.1) is 5.88 Å². The van der Waals surface area contributed by atoms with Crippen LogP contribution in [0.15, 0.2) is 0 Å². The molecule has 0 aromatic carbocycles. The lowest BCUT2D eigenvalue weighted by molar-refractivity contribution is -0.118. The van der Waals surface area contributed by atoms with E-state index in [4.69, 9.17) is 11.6 Å². The molecule has 0 radical (unpaired) electrons. The fourth-order valence-electron chi connectivity index (χ4n) is 2.84. The monoisotopic (exact) mass is 200 g/mol. The van der Waals surface area contributed by atoms with Crippen molar-refractivity contribution in [2.45, 2.75) is 44.9 Å². The van der Waals surface area contributed by atoms with Gasteiger partial charge in [-0.3, -0.25) is 4.79 Å². The van der Waals surface area contributed by atoms with Gasteiger partial charge >= 0.3 is 0 Å². The summed E-state index contributed by atoms with van der Waals surface area (Å²) in [5.74, 6) is 1.14. The SMILES string of the molecule is O=C(CCl)CC1CCCCC12CC2. The standard InChI is InChI=1S/C11H17ClO/c12-8-10(13)7-9-3-1-2-4-11(9)5-6-11/h9H,1-8H2. The number of hydrogen-bond acceptors (Lipinski definition) is 1. The molecule has 1 spiro atoms. The van der Waals surface area contributed by atoms with Crippen molar-refractivity contribution in [2.24, 2.45) is 11.3 Å². The van der Waals surface area contributed by atoms with E-state index in [0.29, 0.717) is 11.3 Å². The lowest BCUT2D eigenvalue weighted by Gasteiger charge is -2.31. The summed E-state index contributed by atoms with van der Waals surface area (Å²) in [4.78, 5) is 11.3. The van der Waals surface area contributed by atoms with Gasteiger partial charge in [0.25, 0.3) is 0 Å². The summed E-state index contributed by atoms with van der Waals surface area (Å²) in [5, 5.41) is 0. The number of carbonyl (C=O) groups excluding carboxylic acids is 1. The zero-order valence-electron chi connectivity index (χ0n) is 8.02. The quantitative estimate of drug-likeness (QED) is 0.640. The van der Waals surface area contributed by atoms with E-state index in [0.717, 1.165) is 6.42 Å². The minimum absolute atomic E-state index is 0.215. The van der Waals surface area contributed by atoms with Crippen LogP contribution < -0.4 is 0 Å². The third kappa shape index (κ3) is 1.90. The summed E-state index contributed by atoms with van der Waals surface area (Å²) in [6, 6.07) is 0. The predicted molar refractivity (Wildman–Crippen MR) is 54.0 cm³/mol. The molecule has 2 fully saturated rings. The van der Waals surface area contributed by atoms with Crippen molar-refractivity contribution in [3.8, 4) is 0 Å². The van der Waals surface area contributed by atoms with Gasteiger partial charge in [-0.2, -0.15) is 0 Å². The molecular formula is C11H17ClO. The van der Waals surface area contributed by atoms with E-state index >= 15 is 0 Å². The third-order valence-electron chi connectivity index (χ3n) is 3.86. The summed E-state index contributed by atoms with van der Waals surface area (Å²) in [6.45, 7) is 0. The Kier molecular flexibility index (Phi) is 2.64. The van der Waals surface area contributed by atoms with Gasteiger partial charge in [0.1, 0.15) is 5.78 Å². The summed E-state index contributed by atoms with van der Waals surface area (Å²) in [5.41, 5.74) is 0.597. The second-order valence-corrected chi connectivity index (χ2v) is 4.95. The normalized spacial score (nSPS) is 30.4. The Balaban J connectivity index is 1.92. The molecule has 2 heteroatoms. The Morgan fingerprint density at radius 3 is 2.69 bits per heavy atom. The minimum Gasteiger partial charge on any atom is -0.298 e. The van der Waals surface area contributed by atoms with Gasteiger partial charge in [-0.05, 0) is 37.0 Å².